The van der Waals surface area contributed by atoms with Crippen LogP contribution in [-0.2, 0) is 11.3 Å². The highest BCUT2D eigenvalue weighted by atomic mass is 16.1. The van der Waals surface area contributed by atoms with Crippen molar-refractivity contribution in [1.29, 1.82) is 0 Å². The molecule has 2 aromatic rings. The Hall–Kier alpha value is -2.36. The normalized spacial score (nSPS) is 13.7. The van der Waals surface area contributed by atoms with E-state index in [1.54, 1.807) is 6.92 Å². The van der Waals surface area contributed by atoms with Crippen molar-refractivity contribution in [2.24, 2.45) is 0 Å². The first-order valence-corrected chi connectivity index (χ1v) is 10.9. The minimum Gasteiger partial charge on any atom is -0.353 e. The molecule has 4 nitrogen and oxygen atoms in total. The maximum Gasteiger partial charge on any atom is 0.204 e. The van der Waals surface area contributed by atoms with Gasteiger partial charge in [0.1, 0.15) is 5.78 Å². The summed E-state index contributed by atoms with van der Waals surface area (Å²) in [5.74, 6) is 1.03. The maximum atomic E-state index is 11.6. The third-order valence-corrected chi connectivity index (χ3v) is 5.09. The van der Waals surface area contributed by atoms with Gasteiger partial charge in [-0.2, -0.15) is 0 Å². The number of aromatic nitrogens is 2. The molecule has 158 valence electrons. The Kier molecular flexibility index (Phi) is 8.69. The van der Waals surface area contributed by atoms with E-state index in [0.29, 0.717) is 12.5 Å². The van der Waals surface area contributed by atoms with Crippen LogP contribution in [-0.4, -0.2) is 21.4 Å². The zero-order chi connectivity index (χ0) is 21.4. The Morgan fingerprint density at radius 1 is 1.17 bits per heavy atom. The van der Waals surface area contributed by atoms with Crippen LogP contribution in [0, 0.1) is 13.8 Å². The predicted octanol–water partition coefficient (Wildman–Crippen LogP) is 6.31. The van der Waals surface area contributed by atoms with E-state index in [-0.39, 0.29) is 5.78 Å². The van der Waals surface area contributed by atoms with Crippen LogP contribution in [0.3, 0.4) is 0 Å². The number of Topliss-reactive ketones (excluding diaryl/α,β-unsaturated/α-hetero) is 1. The molecular formula is C25H37N3O. The average molecular weight is 396 g/mol. The number of aryl methyl sites for hydroxylation is 2. The Labute approximate surface area is 176 Å². The number of hydrogen-bond donors (Lipinski definition) is 1. The van der Waals surface area contributed by atoms with Gasteiger partial charge in [-0.25, -0.2) is 4.98 Å². The average Bonchev–Trinajstić information content (AvgIpc) is 3.25. The van der Waals surface area contributed by atoms with Crippen molar-refractivity contribution in [3.05, 3.63) is 53.4 Å². The standard InChI is InChI=1S/C22H29N3O.C3H8/c1-15-9-11-19(12-10-15)14-25-21(16(2)13-17(3)26)18(4)23-22(25)24-20-7-5-6-8-20;1-3-2/h9-12,20H,2,5-8,13-14H2,1,3-4H3,(H,23,24);3H2,1-2H3. The van der Waals surface area contributed by atoms with Crippen LogP contribution in [0.1, 0.15) is 81.8 Å². The molecule has 0 aliphatic heterocycles. The quantitative estimate of drug-likeness (QED) is 0.597. The summed E-state index contributed by atoms with van der Waals surface area (Å²) in [5, 5.41) is 3.64. The van der Waals surface area contributed by atoms with Gasteiger partial charge in [0.2, 0.25) is 5.95 Å². The van der Waals surface area contributed by atoms with E-state index in [1.165, 1.54) is 43.2 Å². The van der Waals surface area contributed by atoms with Gasteiger partial charge >= 0.3 is 0 Å². The highest BCUT2D eigenvalue weighted by molar-refractivity contribution is 5.88. The molecule has 29 heavy (non-hydrogen) atoms. The summed E-state index contributed by atoms with van der Waals surface area (Å²) in [6.07, 6.45) is 6.56. The fourth-order valence-corrected chi connectivity index (χ4v) is 3.80. The summed E-state index contributed by atoms with van der Waals surface area (Å²) in [5.41, 5.74) is 5.24. The first kappa shape index (κ1) is 22.9. The van der Waals surface area contributed by atoms with Crippen LogP contribution < -0.4 is 5.32 Å². The topological polar surface area (TPSA) is 46.9 Å². The summed E-state index contributed by atoms with van der Waals surface area (Å²) < 4.78 is 2.20. The van der Waals surface area contributed by atoms with Crippen LogP contribution in [0.5, 0.6) is 0 Å². The molecule has 1 saturated carbocycles. The highest BCUT2D eigenvalue weighted by Gasteiger charge is 2.22. The van der Waals surface area contributed by atoms with E-state index in [9.17, 15) is 4.79 Å². The van der Waals surface area contributed by atoms with Gasteiger partial charge in [0.25, 0.3) is 0 Å². The Morgan fingerprint density at radius 3 is 2.31 bits per heavy atom. The zero-order valence-corrected chi connectivity index (χ0v) is 18.8. The molecule has 1 aliphatic carbocycles. The number of carbonyl (C=O) groups is 1. The number of anilines is 1. The number of imidazole rings is 1. The number of carbonyl (C=O) groups excluding carboxylic acids is 1. The molecule has 1 N–H and O–H groups in total. The van der Waals surface area contributed by atoms with Crippen molar-refractivity contribution >= 4 is 17.3 Å². The first-order valence-electron chi connectivity index (χ1n) is 10.9. The summed E-state index contributed by atoms with van der Waals surface area (Å²) >= 11 is 0. The molecule has 0 radical (unpaired) electrons. The third-order valence-electron chi connectivity index (χ3n) is 5.09. The number of rotatable bonds is 7. The number of nitrogens with zero attached hydrogens (tertiary/aromatic N) is 2. The minimum absolute atomic E-state index is 0.128. The van der Waals surface area contributed by atoms with Crippen LogP contribution >= 0.6 is 0 Å². The van der Waals surface area contributed by atoms with Gasteiger partial charge in [0.05, 0.1) is 17.9 Å². The predicted molar refractivity (Wildman–Crippen MR) is 123 cm³/mol. The third kappa shape index (κ3) is 6.59. The molecule has 1 fully saturated rings. The number of ketones is 1. The van der Waals surface area contributed by atoms with E-state index >= 15 is 0 Å². The van der Waals surface area contributed by atoms with Gasteiger partial charge in [-0.1, -0.05) is 69.5 Å². The lowest BCUT2D eigenvalue weighted by molar-refractivity contribution is -0.116. The molecule has 0 unspecified atom stereocenters. The van der Waals surface area contributed by atoms with Crippen LogP contribution in [0.4, 0.5) is 5.95 Å². The lowest BCUT2D eigenvalue weighted by atomic mass is 10.1. The second kappa shape index (κ2) is 11.0. The fraction of sp³-hybridized carbons (Fsp3) is 0.520. The second-order valence-electron chi connectivity index (χ2n) is 8.26. The number of nitrogens with one attached hydrogen (secondary N) is 1. The van der Waals surface area contributed by atoms with Crippen molar-refractivity contribution in [2.75, 3.05) is 5.32 Å². The van der Waals surface area contributed by atoms with Crippen molar-refractivity contribution in [1.82, 2.24) is 9.55 Å². The van der Waals surface area contributed by atoms with E-state index < -0.39 is 0 Å². The van der Waals surface area contributed by atoms with Crippen LogP contribution in [0.15, 0.2) is 30.8 Å². The lowest BCUT2D eigenvalue weighted by Crippen LogP contribution is -2.19. The molecule has 1 aromatic carbocycles. The van der Waals surface area contributed by atoms with Crippen molar-refractivity contribution < 1.29 is 4.79 Å². The Bertz CT molecular complexity index is 811. The SMILES string of the molecule is C=C(CC(C)=O)c1c(C)nc(NC2CCCC2)n1Cc1ccc(C)cc1.CCC. The Morgan fingerprint density at radius 2 is 1.76 bits per heavy atom. The van der Waals surface area contributed by atoms with E-state index in [0.717, 1.165) is 29.5 Å². The van der Waals surface area contributed by atoms with Gasteiger partial charge in [-0.3, -0.25) is 4.79 Å². The molecular weight excluding hydrogens is 358 g/mol. The van der Waals surface area contributed by atoms with Gasteiger partial charge < -0.3 is 9.88 Å². The molecule has 1 heterocycles. The lowest BCUT2D eigenvalue weighted by Gasteiger charge is -2.17. The van der Waals surface area contributed by atoms with Gasteiger partial charge in [0.15, 0.2) is 0 Å². The molecule has 3 rings (SSSR count). The number of benzene rings is 1. The fourth-order valence-electron chi connectivity index (χ4n) is 3.80. The van der Waals surface area contributed by atoms with Gasteiger partial charge in [-0.05, 0) is 44.7 Å². The van der Waals surface area contributed by atoms with Crippen LogP contribution in [0.25, 0.3) is 5.57 Å². The molecule has 0 saturated heterocycles. The summed E-state index contributed by atoms with van der Waals surface area (Å²) in [4.78, 5) is 16.4. The summed E-state index contributed by atoms with van der Waals surface area (Å²) in [7, 11) is 0. The summed E-state index contributed by atoms with van der Waals surface area (Å²) in [6.45, 7) is 14.9. The second-order valence-corrected chi connectivity index (χ2v) is 8.26. The largest absolute Gasteiger partial charge is 0.353 e. The van der Waals surface area contributed by atoms with E-state index in [1.807, 2.05) is 6.92 Å². The Balaban J connectivity index is 0.000000941. The molecule has 0 amide bonds. The van der Waals surface area contributed by atoms with Crippen molar-refractivity contribution in [3.8, 4) is 0 Å². The van der Waals surface area contributed by atoms with Crippen molar-refractivity contribution in [2.45, 2.75) is 85.7 Å². The first-order chi connectivity index (χ1) is 13.8. The zero-order valence-electron chi connectivity index (χ0n) is 18.8. The molecule has 1 aromatic heterocycles. The van der Waals surface area contributed by atoms with Gasteiger partial charge in [0, 0.05) is 12.5 Å². The molecule has 0 bridgehead atoms. The molecule has 4 heteroatoms. The minimum atomic E-state index is 0.128. The molecule has 1 aliphatic rings. The highest BCUT2D eigenvalue weighted by Crippen LogP contribution is 2.28. The monoisotopic (exact) mass is 395 g/mol. The van der Waals surface area contributed by atoms with E-state index in [4.69, 9.17) is 4.98 Å². The van der Waals surface area contributed by atoms with Crippen LogP contribution in [0.2, 0.25) is 0 Å². The van der Waals surface area contributed by atoms with Gasteiger partial charge in [-0.15, -0.1) is 0 Å². The number of hydrogen-bond acceptors (Lipinski definition) is 3. The molecule has 0 atom stereocenters. The number of allylic oxidation sites excluding steroid dienone is 1. The van der Waals surface area contributed by atoms with Crippen molar-refractivity contribution in [3.63, 3.8) is 0 Å². The maximum absolute atomic E-state index is 11.6. The van der Waals surface area contributed by atoms with E-state index in [2.05, 4.69) is 61.5 Å². The summed E-state index contributed by atoms with van der Waals surface area (Å²) in [6, 6.07) is 9.06. The smallest absolute Gasteiger partial charge is 0.204 e. The molecule has 0 spiro atoms.